The molecule has 0 aliphatic carbocycles. The van der Waals surface area contributed by atoms with Gasteiger partial charge in [0.1, 0.15) is 10.9 Å². The number of sulfone groups is 1. The minimum absolute atomic E-state index is 0.0804. The first-order valence-corrected chi connectivity index (χ1v) is 8.93. The van der Waals surface area contributed by atoms with Crippen molar-refractivity contribution in [1.82, 2.24) is 9.36 Å². The average molecular weight is 337 g/mol. The van der Waals surface area contributed by atoms with E-state index < -0.39 is 26.6 Å². The fraction of sp³-hybridized carbons (Fsp3) is 0.333. The van der Waals surface area contributed by atoms with Crippen LogP contribution in [-0.4, -0.2) is 35.2 Å². The van der Waals surface area contributed by atoms with Crippen LogP contribution in [-0.2, 0) is 21.7 Å². The number of hydrogen-bond acceptors (Lipinski definition) is 4. The maximum absolute atomic E-state index is 12.6. The summed E-state index contributed by atoms with van der Waals surface area (Å²) in [7, 11) is -1.84. The first-order valence-electron chi connectivity index (χ1n) is 6.98. The topological polar surface area (TPSA) is 90.2 Å². The molecule has 0 bridgehead atoms. The number of amides is 1. The molecule has 1 amide bonds. The van der Waals surface area contributed by atoms with Crippen LogP contribution in [0.5, 0.6) is 0 Å². The summed E-state index contributed by atoms with van der Waals surface area (Å²) in [6.45, 7) is 2.97. The van der Waals surface area contributed by atoms with E-state index in [9.17, 15) is 18.0 Å². The van der Waals surface area contributed by atoms with E-state index in [1.54, 1.807) is 42.9 Å². The fourth-order valence-corrected chi connectivity index (χ4v) is 2.58. The third-order valence-electron chi connectivity index (χ3n) is 3.81. The van der Waals surface area contributed by atoms with Crippen molar-refractivity contribution in [2.75, 3.05) is 11.6 Å². The Morgan fingerprint density at radius 2 is 1.78 bits per heavy atom. The van der Waals surface area contributed by atoms with Crippen molar-refractivity contribution in [3.05, 3.63) is 46.4 Å². The lowest BCUT2D eigenvalue weighted by atomic mass is 10.3. The molecular weight excluding hydrogens is 318 g/mol. The molecule has 0 spiro atoms. The maximum Gasteiger partial charge on any atom is 0.295 e. The number of benzene rings is 1. The van der Waals surface area contributed by atoms with Gasteiger partial charge in [0.25, 0.3) is 5.56 Å². The van der Waals surface area contributed by atoms with Crippen molar-refractivity contribution in [3.8, 4) is 5.69 Å². The lowest BCUT2D eigenvalue weighted by Gasteiger charge is -2.09. The van der Waals surface area contributed by atoms with E-state index in [2.05, 4.69) is 5.32 Å². The first kappa shape index (κ1) is 17.0. The number of carbonyl (C=O) groups is 1. The van der Waals surface area contributed by atoms with Crippen LogP contribution in [0.4, 0.5) is 5.69 Å². The molecule has 1 atom stereocenters. The molecule has 8 heteroatoms. The maximum atomic E-state index is 12.6. The summed E-state index contributed by atoms with van der Waals surface area (Å²) in [6.07, 6.45) is 0.983. The minimum atomic E-state index is -3.53. The molecule has 1 N–H and O–H groups in total. The molecule has 1 aromatic heterocycles. The van der Waals surface area contributed by atoms with Gasteiger partial charge in [-0.25, -0.2) is 13.1 Å². The highest BCUT2D eigenvalue weighted by Crippen LogP contribution is 2.14. The quantitative estimate of drug-likeness (QED) is 0.896. The molecule has 2 rings (SSSR count). The van der Waals surface area contributed by atoms with Gasteiger partial charge in [0.2, 0.25) is 5.91 Å². The zero-order valence-corrected chi connectivity index (χ0v) is 14.2. The van der Waals surface area contributed by atoms with Crippen LogP contribution in [0.3, 0.4) is 0 Å². The van der Waals surface area contributed by atoms with E-state index >= 15 is 0 Å². The summed E-state index contributed by atoms with van der Waals surface area (Å²) < 4.78 is 26.0. The molecule has 1 aromatic carbocycles. The molecule has 1 unspecified atom stereocenters. The molecule has 0 aliphatic heterocycles. The zero-order chi connectivity index (χ0) is 17.4. The Bertz CT molecular complexity index is 895. The summed E-state index contributed by atoms with van der Waals surface area (Å²) in [5, 5.41) is 1.21. The lowest BCUT2D eigenvalue weighted by Crippen LogP contribution is -2.33. The van der Waals surface area contributed by atoms with E-state index in [0.29, 0.717) is 11.4 Å². The Hall–Kier alpha value is -2.35. The monoisotopic (exact) mass is 337 g/mol. The van der Waals surface area contributed by atoms with E-state index in [1.807, 2.05) is 6.07 Å². The molecule has 0 fully saturated rings. The second-order valence-corrected chi connectivity index (χ2v) is 7.76. The van der Waals surface area contributed by atoms with Crippen LogP contribution in [0.15, 0.2) is 35.1 Å². The Morgan fingerprint density at radius 3 is 2.30 bits per heavy atom. The number of nitrogens with zero attached hydrogens (tertiary/aromatic N) is 2. The van der Waals surface area contributed by atoms with Crippen molar-refractivity contribution >= 4 is 21.4 Å². The smallest absolute Gasteiger partial charge is 0.295 e. The van der Waals surface area contributed by atoms with E-state index in [4.69, 9.17) is 0 Å². The van der Waals surface area contributed by atoms with Gasteiger partial charge in [-0.1, -0.05) is 18.2 Å². The second-order valence-electron chi connectivity index (χ2n) is 5.40. The molecule has 2 aromatic rings. The van der Waals surface area contributed by atoms with Gasteiger partial charge in [-0.15, -0.1) is 0 Å². The predicted octanol–water partition coefficient (Wildman–Crippen LogP) is 0.856. The van der Waals surface area contributed by atoms with Gasteiger partial charge < -0.3 is 5.32 Å². The summed E-state index contributed by atoms with van der Waals surface area (Å²) >= 11 is 0. The van der Waals surface area contributed by atoms with Crippen LogP contribution in [0.1, 0.15) is 12.6 Å². The molecule has 0 aliphatic rings. The Balaban J connectivity index is 2.47. The number of carbonyl (C=O) groups excluding carboxylic acids is 1. The number of anilines is 1. The molecule has 1 heterocycles. The van der Waals surface area contributed by atoms with Gasteiger partial charge in [-0.05, 0) is 26.0 Å². The number of aromatic nitrogens is 2. The number of hydrogen-bond donors (Lipinski definition) is 1. The van der Waals surface area contributed by atoms with Gasteiger partial charge in [-0.3, -0.25) is 14.3 Å². The fourth-order valence-electron chi connectivity index (χ4n) is 2.13. The molecule has 0 saturated carbocycles. The van der Waals surface area contributed by atoms with Gasteiger partial charge in [0.15, 0.2) is 9.84 Å². The highest BCUT2D eigenvalue weighted by atomic mass is 32.2. The molecule has 23 heavy (non-hydrogen) atoms. The lowest BCUT2D eigenvalue weighted by molar-refractivity contribution is -0.115. The molecule has 0 saturated heterocycles. The number of para-hydroxylation sites is 1. The third kappa shape index (κ3) is 3.21. The summed E-state index contributed by atoms with van der Waals surface area (Å²) in [5.41, 5.74) is 0.856. The summed E-state index contributed by atoms with van der Waals surface area (Å²) in [4.78, 5) is 24.7. The normalized spacial score (nSPS) is 12.9. The average Bonchev–Trinajstić information content (AvgIpc) is 2.70. The zero-order valence-electron chi connectivity index (χ0n) is 13.4. The van der Waals surface area contributed by atoms with Crippen LogP contribution in [0.25, 0.3) is 5.69 Å². The molecule has 124 valence electrons. The number of nitrogens with one attached hydrogen (secondary N) is 1. The van der Waals surface area contributed by atoms with E-state index in [-0.39, 0.29) is 5.69 Å². The van der Waals surface area contributed by atoms with Crippen molar-refractivity contribution in [3.63, 3.8) is 0 Å². The summed E-state index contributed by atoms with van der Waals surface area (Å²) in [5.74, 6) is -0.724. The molecule has 0 radical (unpaired) electrons. The highest BCUT2D eigenvalue weighted by Gasteiger charge is 2.26. The SMILES string of the molecule is Cc1c(NC(=O)C(C)S(C)(=O)=O)c(=O)n(-c2ccccc2)n1C. The molecule has 7 nitrogen and oxygen atoms in total. The standard InChI is InChI=1S/C15H19N3O4S/c1-10-13(16-14(19)11(2)23(4,21)22)15(20)18(17(10)3)12-8-6-5-7-9-12/h5-9,11H,1-4H3,(H,16,19). The van der Waals surface area contributed by atoms with Gasteiger partial charge in [0.05, 0.1) is 11.4 Å². The highest BCUT2D eigenvalue weighted by molar-refractivity contribution is 7.92. The first-order chi connectivity index (χ1) is 10.6. The van der Waals surface area contributed by atoms with Crippen LogP contribution in [0.2, 0.25) is 0 Å². The Kier molecular flexibility index (Phi) is 4.46. The number of rotatable bonds is 4. The van der Waals surface area contributed by atoms with Gasteiger partial charge in [-0.2, -0.15) is 0 Å². The second kappa shape index (κ2) is 6.04. The predicted molar refractivity (Wildman–Crippen MR) is 88.7 cm³/mol. The minimum Gasteiger partial charge on any atom is -0.319 e. The van der Waals surface area contributed by atoms with Crippen molar-refractivity contribution in [1.29, 1.82) is 0 Å². The molecular formula is C15H19N3O4S. The van der Waals surface area contributed by atoms with Gasteiger partial charge in [0, 0.05) is 13.3 Å². The van der Waals surface area contributed by atoms with E-state index in [1.165, 1.54) is 11.6 Å². The van der Waals surface area contributed by atoms with Crippen molar-refractivity contribution in [2.24, 2.45) is 7.05 Å². The van der Waals surface area contributed by atoms with Crippen molar-refractivity contribution < 1.29 is 13.2 Å². The summed E-state index contributed by atoms with van der Waals surface area (Å²) in [6, 6.07) is 8.97. The van der Waals surface area contributed by atoms with E-state index in [0.717, 1.165) is 6.26 Å². The largest absolute Gasteiger partial charge is 0.319 e. The third-order valence-corrected chi connectivity index (χ3v) is 5.31. The van der Waals surface area contributed by atoms with Crippen LogP contribution in [0, 0.1) is 6.92 Å². The van der Waals surface area contributed by atoms with Crippen LogP contribution >= 0.6 is 0 Å². The van der Waals surface area contributed by atoms with Crippen molar-refractivity contribution in [2.45, 2.75) is 19.1 Å². The van der Waals surface area contributed by atoms with Crippen LogP contribution < -0.4 is 10.9 Å². The van der Waals surface area contributed by atoms with Gasteiger partial charge >= 0.3 is 0 Å². The Labute approximate surface area is 134 Å². The Morgan fingerprint density at radius 1 is 1.22 bits per heavy atom.